The predicted octanol–water partition coefficient (Wildman–Crippen LogP) is 2.25. The smallest absolute Gasteiger partial charge is 0.328 e. The van der Waals surface area contributed by atoms with Crippen LogP contribution < -0.4 is 5.32 Å². The molecule has 0 aliphatic carbocycles. The lowest BCUT2D eigenvalue weighted by molar-refractivity contribution is -0.142. The van der Waals surface area contributed by atoms with Crippen molar-refractivity contribution in [3.63, 3.8) is 0 Å². The number of methoxy groups -OCH3 is 1. The summed E-state index contributed by atoms with van der Waals surface area (Å²) in [5.41, 5.74) is 1.25. The molecule has 0 spiro atoms. The fraction of sp³-hybridized carbons (Fsp3) is 0.188. The highest BCUT2D eigenvalue weighted by molar-refractivity contribution is 6.30. The lowest BCUT2D eigenvalue weighted by atomic mass is 10.1. The van der Waals surface area contributed by atoms with Crippen LogP contribution in [0.4, 0.5) is 0 Å². The zero-order valence-electron chi connectivity index (χ0n) is 12.0. The summed E-state index contributed by atoms with van der Waals surface area (Å²) in [5, 5.41) is 3.27. The van der Waals surface area contributed by atoms with Gasteiger partial charge in [-0.25, -0.2) is 4.79 Å². The normalized spacial score (nSPS) is 11.5. The Kier molecular flexibility index (Phi) is 5.49. The van der Waals surface area contributed by atoms with Gasteiger partial charge in [0.25, 0.3) is 5.91 Å². The number of hydrogen-bond acceptors (Lipinski definition) is 4. The van der Waals surface area contributed by atoms with E-state index in [4.69, 9.17) is 16.3 Å². The number of carbonyl (C=O) groups is 2. The van der Waals surface area contributed by atoms with E-state index in [1.807, 2.05) is 0 Å². The van der Waals surface area contributed by atoms with Crippen LogP contribution in [0.25, 0.3) is 0 Å². The first-order valence-corrected chi connectivity index (χ1v) is 7.01. The van der Waals surface area contributed by atoms with Crippen molar-refractivity contribution in [3.8, 4) is 0 Å². The molecule has 1 amide bonds. The van der Waals surface area contributed by atoms with E-state index < -0.39 is 12.0 Å². The Labute approximate surface area is 133 Å². The molecular formula is C16H15ClN2O3. The third-order valence-electron chi connectivity index (χ3n) is 3.07. The molecule has 0 radical (unpaired) electrons. The fourth-order valence-electron chi connectivity index (χ4n) is 1.93. The van der Waals surface area contributed by atoms with Crippen molar-refractivity contribution in [2.75, 3.05) is 7.11 Å². The van der Waals surface area contributed by atoms with Crippen LogP contribution in [0.2, 0.25) is 5.02 Å². The number of carbonyl (C=O) groups excluding carboxylic acids is 2. The predicted molar refractivity (Wildman–Crippen MR) is 82.7 cm³/mol. The second-order valence-corrected chi connectivity index (χ2v) is 5.06. The molecule has 6 heteroatoms. The first-order valence-electron chi connectivity index (χ1n) is 6.63. The summed E-state index contributed by atoms with van der Waals surface area (Å²) in [6, 6.07) is 9.56. The molecule has 2 aromatic rings. The minimum Gasteiger partial charge on any atom is -0.467 e. The lowest BCUT2D eigenvalue weighted by Crippen LogP contribution is -2.43. The van der Waals surface area contributed by atoms with Crippen LogP contribution in [-0.4, -0.2) is 30.0 Å². The molecule has 114 valence electrons. The van der Waals surface area contributed by atoms with Crippen LogP contribution in [0.5, 0.6) is 0 Å². The monoisotopic (exact) mass is 318 g/mol. The molecule has 0 saturated heterocycles. The molecule has 0 bridgehead atoms. The van der Waals surface area contributed by atoms with Crippen molar-refractivity contribution in [1.29, 1.82) is 0 Å². The average molecular weight is 319 g/mol. The number of pyridine rings is 1. The van der Waals surface area contributed by atoms with Gasteiger partial charge in [-0.3, -0.25) is 9.78 Å². The van der Waals surface area contributed by atoms with Gasteiger partial charge in [0, 0.05) is 23.8 Å². The van der Waals surface area contributed by atoms with Gasteiger partial charge in [-0.15, -0.1) is 0 Å². The Morgan fingerprint density at radius 3 is 2.59 bits per heavy atom. The van der Waals surface area contributed by atoms with E-state index in [9.17, 15) is 9.59 Å². The summed E-state index contributed by atoms with van der Waals surface area (Å²) in [4.78, 5) is 27.9. The highest BCUT2D eigenvalue weighted by Crippen LogP contribution is 2.12. The first kappa shape index (κ1) is 16.0. The zero-order chi connectivity index (χ0) is 15.9. The molecular weight excluding hydrogens is 304 g/mol. The number of benzene rings is 1. The van der Waals surface area contributed by atoms with Crippen LogP contribution in [-0.2, 0) is 16.0 Å². The Morgan fingerprint density at radius 2 is 2.00 bits per heavy atom. The maximum Gasteiger partial charge on any atom is 0.328 e. The van der Waals surface area contributed by atoms with E-state index in [2.05, 4.69) is 10.3 Å². The van der Waals surface area contributed by atoms with Crippen molar-refractivity contribution < 1.29 is 14.3 Å². The summed E-state index contributed by atoms with van der Waals surface area (Å²) < 4.78 is 4.75. The number of hydrogen-bond donors (Lipinski definition) is 1. The molecule has 1 heterocycles. The van der Waals surface area contributed by atoms with Gasteiger partial charge in [0.15, 0.2) is 0 Å². The third-order valence-corrected chi connectivity index (χ3v) is 3.32. The number of halogens is 1. The van der Waals surface area contributed by atoms with Gasteiger partial charge in [0.2, 0.25) is 0 Å². The molecule has 0 unspecified atom stereocenters. The van der Waals surface area contributed by atoms with Gasteiger partial charge < -0.3 is 10.1 Å². The Hall–Kier alpha value is -2.40. The fourth-order valence-corrected chi connectivity index (χ4v) is 2.06. The van der Waals surface area contributed by atoms with E-state index in [0.717, 1.165) is 5.56 Å². The minimum absolute atomic E-state index is 0.315. The van der Waals surface area contributed by atoms with E-state index in [-0.39, 0.29) is 5.91 Å². The number of nitrogens with one attached hydrogen (secondary N) is 1. The summed E-state index contributed by atoms with van der Waals surface area (Å²) in [6.45, 7) is 0. The Balaban J connectivity index is 2.11. The second-order valence-electron chi connectivity index (χ2n) is 4.62. The molecule has 5 nitrogen and oxygen atoms in total. The Bertz CT molecular complexity index is 644. The lowest BCUT2D eigenvalue weighted by Gasteiger charge is -2.16. The highest BCUT2D eigenvalue weighted by Gasteiger charge is 2.22. The second kappa shape index (κ2) is 7.56. The molecule has 1 atom stereocenters. The standard InChI is InChI=1S/C16H15ClN2O3/c1-22-16(21)14(9-11-4-6-13(17)7-5-11)19-15(20)12-3-2-8-18-10-12/h2-8,10,14H,9H2,1H3,(H,19,20)/t14-/m0/s1. The van der Waals surface area contributed by atoms with E-state index in [0.29, 0.717) is 17.0 Å². The van der Waals surface area contributed by atoms with Gasteiger partial charge in [0.05, 0.1) is 12.7 Å². The molecule has 0 aliphatic heterocycles. The summed E-state index contributed by atoms with van der Waals surface area (Å²) in [7, 11) is 1.29. The number of ether oxygens (including phenoxy) is 1. The Morgan fingerprint density at radius 1 is 1.27 bits per heavy atom. The van der Waals surface area contributed by atoms with Crippen molar-refractivity contribution in [2.24, 2.45) is 0 Å². The highest BCUT2D eigenvalue weighted by atomic mass is 35.5. The molecule has 1 aromatic heterocycles. The number of amides is 1. The van der Waals surface area contributed by atoms with E-state index in [1.54, 1.807) is 42.6 Å². The first-order chi connectivity index (χ1) is 10.6. The number of esters is 1. The average Bonchev–Trinajstić information content (AvgIpc) is 2.56. The molecule has 22 heavy (non-hydrogen) atoms. The molecule has 2 rings (SSSR count). The van der Waals surface area contributed by atoms with Crippen LogP contribution >= 0.6 is 11.6 Å². The van der Waals surface area contributed by atoms with Gasteiger partial charge in [-0.1, -0.05) is 23.7 Å². The van der Waals surface area contributed by atoms with E-state index >= 15 is 0 Å². The minimum atomic E-state index is -0.779. The summed E-state index contributed by atoms with van der Waals surface area (Å²) in [5.74, 6) is -0.885. The third kappa shape index (κ3) is 4.30. The van der Waals surface area contributed by atoms with Gasteiger partial charge in [-0.05, 0) is 29.8 Å². The van der Waals surface area contributed by atoms with Gasteiger partial charge in [0.1, 0.15) is 6.04 Å². The van der Waals surface area contributed by atoms with Gasteiger partial charge in [-0.2, -0.15) is 0 Å². The summed E-state index contributed by atoms with van der Waals surface area (Å²) in [6.07, 6.45) is 3.32. The molecule has 0 saturated carbocycles. The van der Waals surface area contributed by atoms with Crippen molar-refractivity contribution in [2.45, 2.75) is 12.5 Å². The van der Waals surface area contributed by atoms with Crippen LogP contribution in [0.3, 0.4) is 0 Å². The maximum absolute atomic E-state index is 12.1. The van der Waals surface area contributed by atoms with Crippen molar-refractivity contribution in [1.82, 2.24) is 10.3 Å². The van der Waals surface area contributed by atoms with Crippen molar-refractivity contribution in [3.05, 3.63) is 64.9 Å². The number of nitrogens with zero attached hydrogens (tertiary/aromatic N) is 1. The quantitative estimate of drug-likeness (QED) is 0.859. The summed E-state index contributed by atoms with van der Waals surface area (Å²) >= 11 is 5.83. The van der Waals surface area contributed by atoms with Crippen LogP contribution in [0.15, 0.2) is 48.8 Å². The molecule has 0 fully saturated rings. The molecule has 1 N–H and O–H groups in total. The zero-order valence-corrected chi connectivity index (χ0v) is 12.7. The maximum atomic E-state index is 12.1. The van der Waals surface area contributed by atoms with Crippen LogP contribution in [0, 0.1) is 0 Å². The van der Waals surface area contributed by atoms with Crippen LogP contribution in [0.1, 0.15) is 15.9 Å². The number of rotatable bonds is 5. The largest absolute Gasteiger partial charge is 0.467 e. The molecule has 1 aromatic carbocycles. The molecule has 0 aliphatic rings. The SMILES string of the molecule is COC(=O)[C@H](Cc1ccc(Cl)cc1)NC(=O)c1cccnc1. The van der Waals surface area contributed by atoms with Crippen molar-refractivity contribution >= 4 is 23.5 Å². The topological polar surface area (TPSA) is 68.3 Å². The number of aromatic nitrogens is 1. The van der Waals surface area contributed by atoms with E-state index in [1.165, 1.54) is 13.3 Å². The van der Waals surface area contributed by atoms with Gasteiger partial charge >= 0.3 is 5.97 Å².